The van der Waals surface area contributed by atoms with E-state index in [1.165, 1.54) is 12.1 Å². The molecule has 3 unspecified atom stereocenters. The van der Waals surface area contributed by atoms with Gasteiger partial charge in [-0.3, -0.25) is 4.90 Å². The molecule has 2 aliphatic rings. The van der Waals surface area contributed by atoms with Crippen LogP contribution in [0.15, 0.2) is 30.3 Å². The predicted molar refractivity (Wildman–Crippen MR) is 57.2 cm³/mol. The first-order valence-electron chi connectivity index (χ1n) is 5.36. The molecule has 2 aliphatic heterocycles. The summed E-state index contributed by atoms with van der Waals surface area (Å²) in [7, 11) is 0. The maximum absolute atomic E-state index is 3.46. The van der Waals surface area contributed by atoms with Crippen molar-refractivity contribution in [1.29, 1.82) is 0 Å². The summed E-state index contributed by atoms with van der Waals surface area (Å²) < 4.78 is 0. The van der Waals surface area contributed by atoms with Gasteiger partial charge in [-0.15, -0.1) is 0 Å². The minimum absolute atomic E-state index is 0.310. The fourth-order valence-electron chi connectivity index (χ4n) is 2.80. The van der Waals surface area contributed by atoms with Gasteiger partial charge in [0.2, 0.25) is 0 Å². The highest BCUT2D eigenvalue weighted by atomic mass is 15.4. The van der Waals surface area contributed by atoms with E-state index in [0.29, 0.717) is 5.54 Å². The molecule has 0 bridgehead atoms. The second kappa shape index (κ2) is 2.81. The van der Waals surface area contributed by atoms with Crippen LogP contribution in [0.4, 0.5) is 0 Å². The average molecular weight is 188 g/mol. The van der Waals surface area contributed by atoms with Crippen LogP contribution in [-0.2, 0) is 5.54 Å². The van der Waals surface area contributed by atoms with Crippen LogP contribution in [0.5, 0.6) is 0 Å². The van der Waals surface area contributed by atoms with E-state index >= 15 is 0 Å². The van der Waals surface area contributed by atoms with Gasteiger partial charge in [-0.05, 0) is 12.5 Å². The summed E-state index contributed by atoms with van der Waals surface area (Å²) in [5.74, 6) is 0. The lowest BCUT2D eigenvalue weighted by atomic mass is 9.97. The molecule has 2 saturated heterocycles. The normalized spacial score (nSPS) is 40.4. The van der Waals surface area contributed by atoms with E-state index in [-0.39, 0.29) is 0 Å². The maximum atomic E-state index is 3.46. The largest absolute Gasteiger partial charge is 0.314 e. The number of benzene rings is 1. The Morgan fingerprint density at radius 3 is 2.79 bits per heavy atom. The Balaban J connectivity index is 1.92. The van der Waals surface area contributed by atoms with Crippen molar-refractivity contribution in [2.45, 2.75) is 18.5 Å². The Hall–Kier alpha value is -0.860. The quantitative estimate of drug-likeness (QED) is 0.666. The molecule has 0 amide bonds. The van der Waals surface area contributed by atoms with Crippen LogP contribution >= 0.6 is 0 Å². The van der Waals surface area contributed by atoms with Crippen LogP contribution in [0.3, 0.4) is 0 Å². The average Bonchev–Trinajstić information content (AvgIpc) is 2.89. The van der Waals surface area contributed by atoms with Gasteiger partial charge in [-0.1, -0.05) is 30.3 Å². The van der Waals surface area contributed by atoms with Crippen LogP contribution in [0.1, 0.15) is 12.5 Å². The molecular formula is C12H16N2. The molecule has 2 nitrogen and oxygen atoms in total. The summed E-state index contributed by atoms with van der Waals surface area (Å²) in [6.45, 7) is 5.83. The lowest BCUT2D eigenvalue weighted by Gasteiger charge is -2.12. The Bertz CT molecular complexity index is 321. The minimum atomic E-state index is 0.310. The van der Waals surface area contributed by atoms with Gasteiger partial charge in [0.15, 0.2) is 0 Å². The summed E-state index contributed by atoms with van der Waals surface area (Å²) in [5.41, 5.74) is 1.78. The monoisotopic (exact) mass is 188 g/mol. The Labute approximate surface area is 84.9 Å². The van der Waals surface area contributed by atoms with Gasteiger partial charge in [0, 0.05) is 25.7 Å². The van der Waals surface area contributed by atoms with Crippen LogP contribution in [-0.4, -0.2) is 30.6 Å². The van der Waals surface area contributed by atoms with E-state index in [1.54, 1.807) is 0 Å². The summed E-state index contributed by atoms with van der Waals surface area (Å²) in [4.78, 5) is 2.60. The SMILES string of the molecule is CC1(c2ccccc2)C2CNCCN21. The lowest BCUT2D eigenvalue weighted by Crippen LogP contribution is -2.33. The maximum Gasteiger partial charge on any atom is 0.0605 e. The third kappa shape index (κ3) is 0.983. The van der Waals surface area contributed by atoms with Gasteiger partial charge in [0.25, 0.3) is 0 Å². The van der Waals surface area contributed by atoms with E-state index in [9.17, 15) is 0 Å². The van der Waals surface area contributed by atoms with Crippen LogP contribution < -0.4 is 5.32 Å². The molecule has 1 aromatic rings. The zero-order chi connectivity index (χ0) is 9.60. The van der Waals surface area contributed by atoms with Gasteiger partial charge < -0.3 is 5.32 Å². The summed E-state index contributed by atoms with van der Waals surface area (Å²) in [5, 5.41) is 3.46. The molecule has 2 heterocycles. The van der Waals surface area contributed by atoms with Crippen molar-refractivity contribution < 1.29 is 0 Å². The molecule has 1 N–H and O–H groups in total. The predicted octanol–water partition coefficient (Wildman–Crippen LogP) is 1.19. The van der Waals surface area contributed by atoms with Crippen LogP contribution in [0.2, 0.25) is 0 Å². The molecule has 0 aromatic heterocycles. The number of hydrogen-bond donors (Lipinski definition) is 1. The lowest BCUT2D eigenvalue weighted by molar-refractivity contribution is 0.387. The number of piperazine rings is 1. The van der Waals surface area contributed by atoms with E-state index in [2.05, 4.69) is 47.5 Å². The number of hydrogen-bond acceptors (Lipinski definition) is 2. The van der Waals surface area contributed by atoms with Gasteiger partial charge in [-0.2, -0.15) is 0 Å². The Morgan fingerprint density at radius 1 is 1.36 bits per heavy atom. The summed E-state index contributed by atoms with van der Waals surface area (Å²) >= 11 is 0. The first kappa shape index (κ1) is 8.45. The van der Waals surface area contributed by atoms with E-state index in [0.717, 1.165) is 19.1 Å². The molecule has 1 aromatic carbocycles. The molecule has 0 saturated carbocycles. The third-order valence-corrected chi connectivity index (χ3v) is 3.78. The smallest absolute Gasteiger partial charge is 0.0605 e. The van der Waals surface area contributed by atoms with Crippen molar-refractivity contribution in [3.05, 3.63) is 35.9 Å². The van der Waals surface area contributed by atoms with E-state index < -0.39 is 0 Å². The molecule has 0 radical (unpaired) electrons. The fourth-order valence-corrected chi connectivity index (χ4v) is 2.80. The van der Waals surface area contributed by atoms with Crippen molar-refractivity contribution in [1.82, 2.24) is 10.2 Å². The minimum Gasteiger partial charge on any atom is -0.314 e. The third-order valence-electron chi connectivity index (χ3n) is 3.78. The highest BCUT2D eigenvalue weighted by molar-refractivity contribution is 5.34. The van der Waals surface area contributed by atoms with Crippen molar-refractivity contribution in [2.75, 3.05) is 19.6 Å². The van der Waals surface area contributed by atoms with Gasteiger partial charge in [0.05, 0.1) is 5.54 Å². The van der Waals surface area contributed by atoms with Gasteiger partial charge >= 0.3 is 0 Å². The molecule has 3 rings (SSSR count). The number of nitrogens with one attached hydrogen (secondary N) is 1. The molecule has 0 spiro atoms. The molecule has 14 heavy (non-hydrogen) atoms. The molecule has 2 fully saturated rings. The summed E-state index contributed by atoms with van der Waals surface area (Å²) in [6, 6.07) is 11.6. The standard InChI is InChI=1S/C12H16N2/c1-12(10-5-3-2-4-6-10)11-9-13-7-8-14(11)12/h2-6,11,13H,7-9H2,1H3. The van der Waals surface area contributed by atoms with Crippen molar-refractivity contribution in [2.24, 2.45) is 0 Å². The molecular weight excluding hydrogens is 172 g/mol. The number of nitrogens with zero attached hydrogens (tertiary/aromatic N) is 1. The first-order chi connectivity index (χ1) is 6.83. The van der Waals surface area contributed by atoms with Crippen molar-refractivity contribution in [3.63, 3.8) is 0 Å². The number of fused-ring (bicyclic) bond motifs is 1. The molecule has 3 atom stereocenters. The molecule has 0 aliphatic carbocycles. The second-order valence-electron chi connectivity index (χ2n) is 4.43. The fraction of sp³-hybridized carbons (Fsp3) is 0.500. The van der Waals surface area contributed by atoms with Crippen molar-refractivity contribution >= 4 is 0 Å². The van der Waals surface area contributed by atoms with Crippen molar-refractivity contribution in [3.8, 4) is 0 Å². The highest BCUT2D eigenvalue weighted by Crippen LogP contribution is 2.49. The highest BCUT2D eigenvalue weighted by Gasteiger charge is 2.60. The van der Waals surface area contributed by atoms with E-state index in [4.69, 9.17) is 0 Å². The van der Waals surface area contributed by atoms with E-state index in [1.807, 2.05) is 0 Å². The molecule has 74 valence electrons. The first-order valence-corrected chi connectivity index (χ1v) is 5.36. The Morgan fingerprint density at radius 2 is 2.14 bits per heavy atom. The van der Waals surface area contributed by atoms with Crippen LogP contribution in [0, 0.1) is 0 Å². The van der Waals surface area contributed by atoms with Gasteiger partial charge in [-0.25, -0.2) is 0 Å². The summed E-state index contributed by atoms with van der Waals surface area (Å²) in [6.07, 6.45) is 0. The Kier molecular flexibility index (Phi) is 1.70. The number of rotatable bonds is 1. The second-order valence-corrected chi connectivity index (χ2v) is 4.43. The zero-order valence-corrected chi connectivity index (χ0v) is 8.53. The topological polar surface area (TPSA) is 15.0 Å². The van der Waals surface area contributed by atoms with Gasteiger partial charge in [0.1, 0.15) is 0 Å². The van der Waals surface area contributed by atoms with Crippen LogP contribution in [0.25, 0.3) is 0 Å². The zero-order valence-electron chi connectivity index (χ0n) is 8.53. The molecule has 2 heteroatoms.